The van der Waals surface area contributed by atoms with Gasteiger partial charge in [0, 0.05) is 22.3 Å². The van der Waals surface area contributed by atoms with Crippen LogP contribution in [-0.2, 0) is 26.1 Å². The fraction of sp³-hybridized carbons (Fsp3) is 0.333. The molecule has 7 heteroatoms. The van der Waals surface area contributed by atoms with Crippen molar-refractivity contribution >= 4 is 38.6 Å². The largest absolute Gasteiger partial charge is 0.465 e. The van der Waals surface area contributed by atoms with Crippen LogP contribution in [0.5, 0.6) is 0 Å². The topological polar surface area (TPSA) is 72.5 Å². The summed E-state index contributed by atoms with van der Waals surface area (Å²) in [6, 6.07) is 4.90. The van der Waals surface area contributed by atoms with Crippen LogP contribution in [0.15, 0.2) is 22.7 Å². The SMILES string of the molecule is CNC(=O)CS(=O)Cc1ccc(C(=O)OC)cc1Br. The van der Waals surface area contributed by atoms with Crippen molar-refractivity contribution in [1.29, 1.82) is 0 Å². The average molecular weight is 348 g/mol. The molecule has 1 unspecified atom stereocenters. The van der Waals surface area contributed by atoms with Crippen molar-refractivity contribution in [1.82, 2.24) is 5.32 Å². The van der Waals surface area contributed by atoms with Gasteiger partial charge in [0.15, 0.2) is 0 Å². The second kappa shape index (κ2) is 7.40. The summed E-state index contributed by atoms with van der Waals surface area (Å²) >= 11 is 3.31. The van der Waals surface area contributed by atoms with Gasteiger partial charge in [0.2, 0.25) is 5.91 Å². The van der Waals surface area contributed by atoms with Gasteiger partial charge < -0.3 is 10.1 Å². The zero-order chi connectivity index (χ0) is 14.4. The van der Waals surface area contributed by atoms with Crippen LogP contribution >= 0.6 is 15.9 Å². The minimum absolute atomic E-state index is 0.0400. The van der Waals surface area contributed by atoms with Crippen LogP contribution in [-0.4, -0.2) is 36.0 Å². The number of methoxy groups -OCH3 is 1. The van der Waals surface area contributed by atoms with Gasteiger partial charge in [-0.3, -0.25) is 9.00 Å². The molecule has 5 nitrogen and oxygen atoms in total. The van der Waals surface area contributed by atoms with Gasteiger partial charge in [0.25, 0.3) is 0 Å². The summed E-state index contributed by atoms with van der Waals surface area (Å²) in [4.78, 5) is 22.4. The van der Waals surface area contributed by atoms with Gasteiger partial charge >= 0.3 is 5.97 Å². The van der Waals surface area contributed by atoms with Gasteiger partial charge in [-0.1, -0.05) is 22.0 Å². The molecule has 104 valence electrons. The van der Waals surface area contributed by atoms with Crippen molar-refractivity contribution in [2.75, 3.05) is 19.9 Å². The van der Waals surface area contributed by atoms with Crippen molar-refractivity contribution in [3.8, 4) is 0 Å². The molecule has 0 heterocycles. The third-order valence-corrected chi connectivity index (χ3v) is 4.32. The molecule has 0 bridgehead atoms. The standard InChI is InChI=1S/C12H14BrNO4S/c1-14-11(15)7-19(17)6-9-4-3-8(5-10(9)13)12(16)18-2/h3-5H,6-7H2,1-2H3,(H,14,15). The van der Waals surface area contributed by atoms with E-state index in [0.717, 1.165) is 5.56 Å². The van der Waals surface area contributed by atoms with E-state index in [1.807, 2.05) is 0 Å². The zero-order valence-corrected chi connectivity index (χ0v) is 13.0. The highest BCUT2D eigenvalue weighted by Crippen LogP contribution is 2.20. The second-order valence-electron chi connectivity index (χ2n) is 3.70. The molecular formula is C12H14BrNO4S. The monoisotopic (exact) mass is 347 g/mol. The number of carbonyl (C=O) groups excluding carboxylic acids is 2. The predicted octanol–water partition coefficient (Wildman–Crippen LogP) is 1.23. The molecule has 1 atom stereocenters. The lowest BCUT2D eigenvalue weighted by Crippen LogP contribution is -2.24. The number of halogens is 1. The average Bonchev–Trinajstić information content (AvgIpc) is 2.39. The number of hydrogen-bond donors (Lipinski definition) is 1. The first kappa shape index (κ1) is 15.8. The lowest BCUT2D eigenvalue weighted by atomic mass is 10.1. The number of benzene rings is 1. The Balaban J connectivity index is 2.77. The van der Waals surface area contributed by atoms with Crippen LogP contribution in [0.1, 0.15) is 15.9 Å². The van der Waals surface area contributed by atoms with Crippen LogP contribution < -0.4 is 5.32 Å². The van der Waals surface area contributed by atoms with E-state index in [2.05, 4.69) is 26.0 Å². The van der Waals surface area contributed by atoms with Gasteiger partial charge in [-0.15, -0.1) is 0 Å². The number of esters is 1. The zero-order valence-electron chi connectivity index (χ0n) is 10.6. The maximum atomic E-state index is 11.7. The maximum Gasteiger partial charge on any atom is 0.337 e. The molecule has 0 aliphatic heterocycles. The maximum absolute atomic E-state index is 11.7. The molecule has 19 heavy (non-hydrogen) atoms. The molecular weight excluding hydrogens is 334 g/mol. The van der Waals surface area contributed by atoms with Crippen molar-refractivity contribution < 1.29 is 18.5 Å². The minimum Gasteiger partial charge on any atom is -0.465 e. The lowest BCUT2D eigenvalue weighted by Gasteiger charge is -2.06. The molecule has 1 N–H and O–H groups in total. The molecule has 0 aliphatic carbocycles. The molecule has 1 amide bonds. The highest BCUT2D eigenvalue weighted by Gasteiger charge is 2.12. The van der Waals surface area contributed by atoms with Crippen LogP contribution in [0.25, 0.3) is 0 Å². The van der Waals surface area contributed by atoms with Gasteiger partial charge in [0.1, 0.15) is 5.75 Å². The van der Waals surface area contributed by atoms with E-state index in [0.29, 0.717) is 10.0 Å². The van der Waals surface area contributed by atoms with E-state index in [1.165, 1.54) is 14.2 Å². The van der Waals surface area contributed by atoms with Crippen molar-refractivity contribution in [2.45, 2.75) is 5.75 Å². The Bertz CT molecular complexity index is 518. The molecule has 0 saturated carbocycles. The molecule has 1 aromatic rings. The van der Waals surface area contributed by atoms with E-state index in [9.17, 15) is 13.8 Å². The van der Waals surface area contributed by atoms with Crippen molar-refractivity contribution in [2.24, 2.45) is 0 Å². The fourth-order valence-electron chi connectivity index (χ4n) is 1.35. The third-order valence-electron chi connectivity index (χ3n) is 2.36. The molecule has 0 aromatic heterocycles. The summed E-state index contributed by atoms with van der Waals surface area (Å²) in [5.74, 6) is -0.490. The van der Waals surface area contributed by atoms with E-state index in [4.69, 9.17) is 0 Å². The Labute approximate surface area is 122 Å². The van der Waals surface area contributed by atoms with E-state index in [1.54, 1.807) is 18.2 Å². The summed E-state index contributed by atoms with van der Waals surface area (Å²) in [6.07, 6.45) is 0. The van der Waals surface area contributed by atoms with Crippen molar-refractivity contribution in [3.63, 3.8) is 0 Å². The van der Waals surface area contributed by atoms with Gasteiger partial charge in [-0.2, -0.15) is 0 Å². The van der Waals surface area contributed by atoms with E-state index in [-0.39, 0.29) is 17.4 Å². The van der Waals surface area contributed by atoms with Gasteiger partial charge in [-0.25, -0.2) is 4.79 Å². The third kappa shape index (κ3) is 4.76. The molecule has 1 aromatic carbocycles. The summed E-state index contributed by atoms with van der Waals surface area (Å²) < 4.78 is 17.0. The quantitative estimate of drug-likeness (QED) is 0.813. The van der Waals surface area contributed by atoms with Crippen LogP contribution in [0.3, 0.4) is 0 Å². The van der Waals surface area contributed by atoms with E-state index >= 15 is 0 Å². The predicted molar refractivity (Wildman–Crippen MR) is 76.3 cm³/mol. The molecule has 0 aliphatic rings. The van der Waals surface area contributed by atoms with Crippen LogP contribution in [0.4, 0.5) is 0 Å². The number of carbonyl (C=O) groups is 2. The summed E-state index contributed by atoms with van der Waals surface area (Å²) in [5, 5.41) is 2.42. The molecule has 1 rings (SSSR count). The summed E-state index contributed by atoms with van der Waals surface area (Å²) in [6.45, 7) is 0. The first-order valence-electron chi connectivity index (χ1n) is 5.40. The molecule has 0 saturated heterocycles. The Morgan fingerprint density at radius 3 is 2.63 bits per heavy atom. The Hall–Kier alpha value is -1.21. The molecule has 0 fully saturated rings. The minimum atomic E-state index is -1.29. The highest BCUT2D eigenvalue weighted by molar-refractivity contribution is 9.10. The Morgan fingerprint density at radius 1 is 1.42 bits per heavy atom. The number of hydrogen-bond acceptors (Lipinski definition) is 4. The number of nitrogens with one attached hydrogen (secondary N) is 1. The van der Waals surface area contributed by atoms with Gasteiger partial charge in [-0.05, 0) is 17.7 Å². The van der Waals surface area contributed by atoms with Crippen LogP contribution in [0.2, 0.25) is 0 Å². The first-order chi connectivity index (χ1) is 8.97. The molecule has 0 radical (unpaired) electrons. The highest BCUT2D eigenvalue weighted by atomic mass is 79.9. The normalized spacial score (nSPS) is 11.7. The second-order valence-corrected chi connectivity index (χ2v) is 6.01. The number of rotatable bonds is 5. The van der Waals surface area contributed by atoms with Crippen molar-refractivity contribution in [3.05, 3.63) is 33.8 Å². The Kier molecular flexibility index (Phi) is 6.17. The number of amides is 1. The fourth-order valence-corrected chi connectivity index (χ4v) is 3.19. The van der Waals surface area contributed by atoms with Gasteiger partial charge in [0.05, 0.1) is 18.4 Å². The Morgan fingerprint density at radius 2 is 2.11 bits per heavy atom. The first-order valence-corrected chi connectivity index (χ1v) is 7.68. The van der Waals surface area contributed by atoms with E-state index < -0.39 is 16.8 Å². The summed E-state index contributed by atoms with van der Waals surface area (Å²) in [7, 11) is 1.52. The summed E-state index contributed by atoms with van der Waals surface area (Å²) in [5.41, 5.74) is 1.19. The smallest absolute Gasteiger partial charge is 0.337 e. The van der Waals surface area contributed by atoms with Crippen LogP contribution in [0, 0.1) is 0 Å². The number of ether oxygens (including phenoxy) is 1. The molecule has 0 spiro atoms. The lowest BCUT2D eigenvalue weighted by molar-refractivity contribution is -0.118.